The minimum atomic E-state index is -0.488. The Hall–Kier alpha value is -5.88. The van der Waals surface area contributed by atoms with Crippen LogP contribution in [0.5, 0.6) is 0 Å². The SMILES string of the molecule is O=C(c1ccccc1)[C@@H]1[C@H](c2ccccc2)[C@@H](c2ccc([N+](=O)[O-])cc2)N2c3ccccc3C=C(c3ccc4ccccc4n3)[C@@H]12. The number of para-hydroxylation sites is 2. The summed E-state index contributed by atoms with van der Waals surface area (Å²) in [6, 6.07) is 46.4. The molecule has 0 amide bonds. The maximum Gasteiger partial charge on any atom is 0.269 e. The van der Waals surface area contributed by atoms with Gasteiger partial charge in [0.1, 0.15) is 0 Å². The topological polar surface area (TPSA) is 76.3 Å². The van der Waals surface area contributed by atoms with Crippen LogP contribution in [-0.4, -0.2) is 21.7 Å². The number of Topliss-reactive ketones (excluding diaryl/α,β-unsaturated/α-hetero) is 1. The summed E-state index contributed by atoms with van der Waals surface area (Å²) in [6.07, 6.45) is 2.19. The molecule has 3 heterocycles. The van der Waals surface area contributed by atoms with Gasteiger partial charge in [-0.3, -0.25) is 14.9 Å². The van der Waals surface area contributed by atoms with Gasteiger partial charge in [-0.05, 0) is 41.0 Å². The minimum absolute atomic E-state index is 0.0338. The third-order valence-electron chi connectivity index (χ3n) is 9.40. The second-order valence-corrected chi connectivity index (χ2v) is 11.9. The van der Waals surface area contributed by atoms with E-state index >= 15 is 0 Å². The number of nitro benzene ring substituents is 1. The van der Waals surface area contributed by atoms with Crippen LogP contribution in [0.15, 0.2) is 146 Å². The van der Waals surface area contributed by atoms with Crippen molar-refractivity contribution in [2.24, 2.45) is 5.92 Å². The second kappa shape index (κ2) is 11.2. The first kappa shape index (κ1) is 27.7. The third kappa shape index (κ3) is 4.58. The van der Waals surface area contributed by atoms with Crippen molar-refractivity contribution in [3.8, 4) is 0 Å². The first-order valence-electron chi connectivity index (χ1n) is 15.4. The Morgan fingerprint density at radius 3 is 2.11 bits per heavy atom. The van der Waals surface area contributed by atoms with Crippen molar-refractivity contribution in [1.29, 1.82) is 0 Å². The molecule has 0 unspecified atom stereocenters. The molecule has 4 atom stereocenters. The molecule has 0 radical (unpaired) electrons. The Morgan fingerprint density at radius 2 is 1.35 bits per heavy atom. The summed E-state index contributed by atoms with van der Waals surface area (Å²) in [5.41, 5.74) is 7.39. The van der Waals surface area contributed by atoms with Crippen molar-refractivity contribution in [1.82, 2.24) is 4.98 Å². The normalized spacial score (nSPS) is 20.1. The zero-order valence-corrected chi connectivity index (χ0v) is 24.8. The van der Waals surface area contributed by atoms with Gasteiger partial charge in [0.15, 0.2) is 5.78 Å². The van der Waals surface area contributed by atoms with E-state index < -0.39 is 5.92 Å². The van der Waals surface area contributed by atoms with Crippen molar-refractivity contribution in [3.05, 3.63) is 184 Å². The number of ketones is 1. The Bertz CT molecular complexity index is 2130. The lowest BCUT2D eigenvalue weighted by Crippen LogP contribution is -2.40. The van der Waals surface area contributed by atoms with Crippen molar-refractivity contribution in [3.63, 3.8) is 0 Å². The zero-order chi connectivity index (χ0) is 31.2. The molecule has 0 bridgehead atoms. The van der Waals surface area contributed by atoms with Crippen LogP contribution in [0.2, 0.25) is 0 Å². The van der Waals surface area contributed by atoms with Crippen LogP contribution < -0.4 is 4.90 Å². The molecule has 2 aliphatic rings. The quantitative estimate of drug-likeness (QED) is 0.109. The van der Waals surface area contributed by atoms with Crippen molar-refractivity contribution >= 4 is 39.7 Å². The van der Waals surface area contributed by atoms with Gasteiger partial charge in [0, 0.05) is 40.3 Å². The third-order valence-corrected chi connectivity index (χ3v) is 9.40. The van der Waals surface area contributed by atoms with Gasteiger partial charge >= 0.3 is 0 Å². The number of benzene rings is 5. The molecule has 2 aliphatic heterocycles. The predicted molar refractivity (Wildman–Crippen MR) is 182 cm³/mol. The molecule has 0 N–H and O–H groups in total. The van der Waals surface area contributed by atoms with Gasteiger partial charge in [0.2, 0.25) is 0 Å². The predicted octanol–water partition coefficient (Wildman–Crippen LogP) is 8.91. The summed E-state index contributed by atoms with van der Waals surface area (Å²) in [6.45, 7) is 0. The molecular formula is C40H29N3O3. The number of nitro groups is 1. The van der Waals surface area contributed by atoms with E-state index in [1.807, 2.05) is 91.0 Å². The molecule has 0 saturated carbocycles. The van der Waals surface area contributed by atoms with Crippen LogP contribution in [-0.2, 0) is 0 Å². The number of aromatic nitrogens is 1. The lowest BCUT2D eigenvalue weighted by molar-refractivity contribution is -0.384. The van der Waals surface area contributed by atoms with E-state index in [1.54, 1.807) is 12.1 Å². The van der Waals surface area contributed by atoms with Gasteiger partial charge in [-0.1, -0.05) is 115 Å². The van der Waals surface area contributed by atoms with Gasteiger partial charge in [-0.15, -0.1) is 0 Å². The molecule has 1 aromatic heterocycles. The lowest BCUT2D eigenvalue weighted by Gasteiger charge is -2.39. The van der Waals surface area contributed by atoms with E-state index in [0.29, 0.717) is 5.56 Å². The maximum atomic E-state index is 14.9. The Kier molecular flexibility index (Phi) is 6.76. The molecule has 0 spiro atoms. The number of pyridine rings is 1. The molecular weight excluding hydrogens is 570 g/mol. The average molecular weight is 600 g/mol. The molecule has 8 rings (SSSR count). The standard InChI is InChI=1S/C40H29N3O3/c44-40(29-14-5-2-6-15-29)37-36(27-12-3-1-4-13-27)38(28-19-22-31(23-20-28)43(45)46)42-35-18-10-8-16-30(35)25-32(39(37)42)34-24-21-26-11-7-9-17-33(26)41-34/h1-25,36-39H/t36-,37+,38+,39-/m0/s1. The number of non-ortho nitro benzene ring substituents is 1. The van der Waals surface area contributed by atoms with E-state index in [9.17, 15) is 14.9 Å². The van der Waals surface area contributed by atoms with E-state index in [4.69, 9.17) is 4.98 Å². The van der Waals surface area contributed by atoms with Gasteiger partial charge in [0.25, 0.3) is 5.69 Å². The number of anilines is 1. The molecule has 222 valence electrons. The van der Waals surface area contributed by atoms with E-state index in [2.05, 4.69) is 53.4 Å². The van der Waals surface area contributed by atoms with Gasteiger partial charge < -0.3 is 4.90 Å². The summed E-state index contributed by atoms with van der Waals surface area (Å²) in [7, 11) is 0. The first-order chi connectivity index (χ1) is 22.6. The fourth-order valence-corrected chi connectivity index (χ4v) is 7.43. The van der Waals surface area contributed by atoms with Gasteiger partial charge in [-0.2, -0.15) is 0 Å². The van der Waals surface area contributed by atoms with Gasteiger partial charge in [0.05, 0.1) is 34.1 Å². The maximum absolute atomic E-state index is 14.9. The van der Waals surface area contributed by atoms with E-state index in [-0.39, 0.29) is 34.4 Å². The Labute approximate surface area is 266 Å². The summed E-state index contributed by atoms with van der Waals surface area (Å²) in [4.78, 5) is 33.7. The Balaban J connectivity index is 1.41. The number of hydrogen-bond donors (Lipinski definition) is 0. The molecule has 6 aromatic rings. The van der Waals surface area contributed by atoms with Gasteiger partial charge in [-0.25, -0.2) is 4.98 Å². The first-order valence-corrected chi connectivity index (χ1v) is 15.4. The number of carbonyl (C=O) groups is 1. The Morgan fingerprint density at radius 1 is 0.674 bits per heavy atom. The molecule has 6 heteroatoms. The summed E-state index contributed by atoms with van der Waals surface area (Å²) < 4.78 is 0. The van der Waals surface area contributed by atoms with E-state index in [1.165, 1.54) is 0 Å². The lowest BCUT2D eigenvalue weighted by atomic mass is 9.74. The number of fused-ring (bicyclic) bond motifs is 4. The molecule has 6 nitrogen and oxygen atoms in total. The number of hydrogen-bond acceptors (Lipinski definition) is 5. The van der Waals surface area contributed by atoms with Crippen molar-refractivity contribution < 1.29 is 9.72 Å². The summed E-state index contributed by atoms with van der Waals surface area (Å²) in [5.74, 6) is -0.701. The highest BCUT2D eigenvalue weighted by molar-refractivity contribution is 6.05. The van der Waals surface area contributed by atoms with Crippen LogP contribution in [0.25, 0.3) is 22.6 Å². The van der Waals surface area contributed by atoms with Crippen LogP contribution in [0.4, 0.5) is 11.4 Å². The van der Waals surface area contributed by atoms with Crippen LogP contribution in [0, 0.1) is 16.0 Å². The summed E-state index contributed by atoms with van der Waals surface area (Å²) >= 11 is 0. The molecule has 1 saturated heterocycles. The minimum Gasteiger partial charge on any atom is -0.355 e. The smallest absolute Gasteiger partial charge is 0.269 e. The summed E-state index contributed by atoms with van der Waals surface area (Å²) in [5, 5.41) is 12.7. The molecule has 46 heavy (non-hydrogen) atoms. The highest BCUT2D eigenvalue weighted by Crippen LogP contribution is 2.58. The number of nitrogens with zero attached hydrogens (tertiary/aromatic N) is 3. The molecule has 5 aromatic carbocycles. The zero-order valence-electron chi connectivity index (χ0n) is 24.8. The van der Waals surface area contributed by atoms with E-state index in [0.717, 1.165) is 44.5 Å². The van der Waals surface area contributed by atoms with Crippen LogP contribution in [0.1, 0.15) is 44.7 Å². The largest absolute Gasteiger partial charge is 0.355 e. The van der Waals surface area contributed by atoms with Crippen molar-refractivity contribution in [2.45, 2.75) is 18.0 Å². The fourth-order valence-electron chi connectivity index (χ4n) is 7.43. The second-order valence-electron chi connectivity index (χ2n) is 11.9. The number of carbonyl (C=O) groups excluding carboxylic acids is 1. The van der Waals surface area contributed by atoms with Crippen molar-refractivity contribution in [2.75, 3.05) is 4.90 Å². The van der Waals surface area contributed by atoms with Crippen LogP contribution >= 0.6 is 0 Å². The highest BCUT2D eigenvalue weighted by atomic mass is 16.6. The number of rotatable bonds is 6. The van der Waals surface area contributed by atoms with Crippen LogP contribution in [0.3, 0.4) is 0 Å². The fraction of sp³-hybridized carbons (Fsp3) is 0.100. The monoisotopic (exact) mass is 599 g/mol. The average Bonchev–Trinajstić information content (AvgIpc) is 3.48. The highest BCUT2D eigenvalue weighted by Gasteiger charge is 2.56. The molecule has 1 fully saturated rings. The molecule has 0 aliphatic carbocycles.